The lowest BCUT2D eigenvalue weighted by Crippen LogP contribution is -2.33. The number of carboxylic acid groups (broad SMARTS) is 1. The van der Waals surface area contributed by atoms with Crippen LogP contribution in [0.5, 0.6) is 0 Å². The lowest BCUT2D eigenvalue weighted by molar-refractivity contribution is -0.140. The maximum absolute atomic E-state index is 13.4. The minimum absolute atomic E-state index is 0.0971. The lowest BCUT2D eigenvalue weighted by Gasteiger charge is -2.21. The Bertz CT molecular complexity index is 3510. The maximum Gasteiger partial charge on any atom is 0.323 e. The average Bonchev–Trinajstić information content (AvgIpc) is 4.04. The van der Waals surface area contributed by atoms with Crippen LogP contribution in [0.4, 0.5) is 0 Å². The summed E-state index contributed by atoms with van der Waals surface area (Å²) in [4.78, 5) is 26.6. The van der Waals surface area contributed by atoms with Crippen LogP contribution in [0.2, 0.25) is 0 Å². The number of para-hydroxylation sites is 1. The van der Waals surface area contributed by atoms with Crippen molar-refractivity contribution in [3.8, 4) is 50.2 Å². The van der Waals surface area contributed by atoms with Gasteiger partial charge in [-0.15, -0.1) is 0 Å². The standard InChI is InChI=1S/C69H72N2O3S2/c1-6-9-12-16-23-46-38-52(31-30-49(46)42-65-67(74)70(45-66(72)73)68(75)76-65)56-36-33-53(40-51(56)25-18-14-11-8-3)55-35-32-47(39-50(55)24-17-13-10-7-2)48-34-37-63-59(41-48)60-43-58-57-28-21-22-29-61(57)69(4,5)62(58)44-64(60)71(63)54-26-19-15-20-27-54/h15,19-22,26-44H,6-14,16-18,23-25,45H2,1-5H3,(H,72,73)/b65-42-. The van der Waals surface area contributed by atoms with Crippen molar-refractivity contribution in [3.63, 3.8) is 0 Å². The second kappa shape index (κ2) is 23.4. The number of rotatable bonds is 22. The van der Waals surface area contributed by atoms with E-state index in [1.54, 1.807) is 0 Å². The Kier molecular flexibility index (Phi) is 16.3. The van der Waals surface area contributed by atoms with Gasteiger partial charge in [-0.3, -0.25) is 14.5 Å². The van der Waals surface area contributed by atoms with Gasteiger partial charge in [-0.1, -0.05) is 220 Å². The summed E-state index contributed by atoms with van der Waals surface area (Å²) in [6, 6.07) is 53.0. The molecule has 0 atom stereocenters. The highest BCUT2D eigenvalue weighted by atomic mass is 32.2. The van der Waals surface area contributed by atoms with Gasteiger partial charge in [0.15, 0.2) is 0 Å². The highest BCUT2D eigenvalue weighted by Crippen LogP contribution is 2.51. The van der Waals surface area contributed by atoms with E-state index in [-0.39, 0.29) is 15.6 Å². The van der Waals surface area contributed by atoms with Gasteiger partial charge in [-0.05, 0) is 159 Å². The molecule has 7 heteroatoms. The first-order valence-electron chi connectivity index (χ1n) is 28.1. The van der Waals surface area contributed by atoms with Crippen molar-refractivity contribution in [1.82, 2.24) is 9.47 Å². The van der Waals surface area contributed by atoms with Crippen molar-refractivity contribution in [2.45, 2.75) is 136 Å². The quantitative estimate of drug-likeness (QED) is 0.0416. The summed E-state index contributed by atoms with van der Waals surface area (Å²) in [5.74, 6) is -1.42. The van der Waals surface area contributed by atoms with E-state index in [2.05, 4.69) is 179 Å². The fraction of sp³-hybridized carbons (Fsp3) is 0.319. The van der Waals surface area contributed by atoms with Gasteiger partial charge in [0.1, 0.15) is 10.9 Å². The molecule has 1 saturated heterocycles. The summed E-state index contributed by atoms with van der Waals surface area (Å²) in [6.45, 7) is 11.1. The van der Waals surface area contributed by atoms with E-state index < -0.39 is 12.5 Å². The Hall–Kier alpha value is -6.54. The molecule has 1 aliphatic carbocycles. The smallest absolute Gasteiger partial charge is 0.323 e. The van der Waals surface area contributed by atoms with Crippen LogP contribution in [0.1, 0.15) is 145 Å². The molecule has 1 aromatic heterocycles. The number of thioether (sulfide) groups is 1. The molecule has 1 fully saturated rings. The van der Waals surface area contributed by atoms with Crippen molar-refractivity contribution >= 4 is 68.1 Å². The highest BCUT2D eigenvalue weighted by molar-refractivity contribution is 8.26. The molecule has 1 aliphatic heterocycles. The van der Waals surface area contributed by atoms with Gasteiger partial charge >= 0.3 is 5.97 Å². The van der Waals surface area contributed by atoms with Crippen LogP contribution >= 0.6 is 24.0 Å². The number of thiocarbonyl (C=S) groups is 1. The number of carbonyl (C=O) groups excluding carboxylic acids is 1. The van der Waals surface area contributed by atoms with Crippen molar-refractivity contribution in [2.24, 2.45) is 0 Å². The Labute approximate surface area is 460 Å². The molecule has 0 radical (unpaired) electrons. The minimum atomic E-state index is -1.08. The van der Waals surface area contributed by atoms with Crippen LogP contribution in [-0.2, 0) is 34.3 Å². The second-order valence-corrected chi connectivity index (χ2v) is 23.4. The number of aromatic nitrogens is 1. The molecule has 7 aromatic carbocycles. The number of carboxylic acids is 1. The van der Waals surface area contributed by atoms with Crippen molar-refractivity contribution < 1.29 is 14.7 Å². The number of nitrogens with zero attached hydrogens (tertiary/aromatic N) is 2. The van der Waals surface area contributed by atoms with E-state index in [1.165, 1.54) is 161 Å². The molecule has 0 spiro atoms. The molecule has 0 bridgehead atoms. The molecule has 8 aromatic rings. The third-order valence-corrected chi connectivity index (χ3v) is 17.5. The molecule has 10 rings (SSSR count). The monoisotopic (exact) mass is 1040 g/mol. The molecule has 388 valence electrons. The van der Waals surface area contributed by atoms with E-state index in [4.69, 9.17) is 12.2 Å². The highest BCUT2D eigenvalue weighted by Gasteiger charge is 2.37. The van der Waals surface area contributed by atoms with Crippen LogP contribution in [0.3, 0.4) is 0 Å². The third-order valence-electron chi connectivity index (χ3n) is 16.1. The second-order valence-electron chi connectivity index (χ2n) is 21.7. The Morgan fingerprint density at radius 1 is 0.553 bits per heavy atom. The summed E-state index contributed by atoms with van der Waals surface area (Å²) >= 11 is 6.65. The van der Waals surface area contributed by atoms with Gasteiger partial charge in [-0.2, -0.15) is 0 Å². The molecule has 2 aliphatic rings. The molecule has 0 saturated carbocycles. The minimum Gasteiger partial charge on any atom is -0.480 e. The SMILES string of the molecule is CCCCCCc1cc(-c2ccc(-c3ccc(-c4ccc5c(c4)c4cc6c(cc4n5-c4ccccc4)C(C)(C)c4ccccc4-6)cc3CCCCCC)cc2CCCCCC)ccc1/C=C1\SC(=S)N(CC(=O)O)C1=O. The van der Waals surface area contributed by atoms with Gasteiger partial charge in [0.05, 0.1) is 15.9 Å². The number of unbranched alkanes of at least 4 members (excludes halogenated alkanes) is 9. The molecular weight excluding hydrogens is 969 g/mol. The van der Waals surface area contributed by atoms with Crippen molar-refractivity contribution in [1.29, 1.82) is 0 Å². The number of amides is 1. The number of hydrogen-bond donors (Lipinski definition) is 1. The number of hydrogen-bond acceptors (Lipinski definition) is 4. The van der Waals surface area contributed by atoms with Crippen LogP contribution < -0.4 is 0 Å². The molecule has 1 N–H and O–H groups in total. The van der Waals surface area contributed by atoms with E-state index in [1.807, 2.05) is 6.08 Å². The van der Waals surface area contributed by atoms with Gasteiger partial charge < -0.3 is 9.67 Å². The van der Waals surface area contributed by atoms with Crippen LogP contribution in [0.15, 0.2) is 144 Å². The predicted octanol–water partition coefficient (Wildman–Crippen LogP) is 18.7. The Morgan fingerprint density at radius 3 is 1.76 bits per heavy atom. The maximum atomic E-state index is 13.4. The first-order chi connectivity index (χ1) is 37.0. The van der Waals surface area contributed by atoms with Gasteiger partial charge in [0, 0.05) is 21.9 Å². The predicted molar refractivity (Wildman–Crippen MR) is 326 cm³/mol. The fourth-order valence-corrected chi connectivity index (χ4v) is 13.3. The van der Waals surface area contributed by atoms with E-state index >= 15 is 0 Å². The van der Waals surface area contributed by atoms with Crippen molar-refractivity contribution in [2.75, 3.05) is 6.54 Å². The molecule has 0 unspecified atom stereocenters. The number of benzene rings is 7. The zero-order valence-electron chi connectivity index (χ0n) is 45.1. The third kappa shape index (κ3) is 10.8. The number of carbonyl (C=O) groups is 2. The summed E-state index contributed by atoms with van der Waals surface area (Å²) < 4.78 is 2.75. The summed E-state index contributed by atoms with van der Waals surface area (Å²) in [6.07, 6.45) is 18.9. The lowest BCUT2D eigenvalue weighted by atomic mass is 9.82. The Morgan fingerprint density at radius 2 is 1.11 bits per heavy atom. The zero-order chi connectivity index (χ0) is 52.9. The summed E-state index contributed by atoms with van der Waals surface area (Å²) in [5, 5.41) is 12.0. The van der Waals surface area contributed by atoms with Crippen LogP contribution in [0.25, 0.3) is 78.1 Å². The first-order valence-corrected chi connectivity index (χ1v) is 29.4. The van der Waals surface area contributed by atoms with E-state index in [9.17, 15) is 14.7 Å². The van der Waals surface area contributed by atoms with Crippen LogP contribution in [-0.4, -0.2) is 37.3 Å². The molecule has 76 heavy (non-hydrogen) atoms. The first kappa shape index (κ1) is 52.9. The average molecular weight is 1040 g/mol. The Balaban J connectivity index is 1.05. The number of aliphatic carboxylic acids is 1. The van der Waals surface area contributed by atoms with E-state index in [0.717, 1.165) is 56.9 Å². The zero-order valence-corrected chi connectivity index (χ0v) is 46.8. The molecule has 5 nitrogen and oxygen atoms in total. The molecule has 1 amide bonds. The van der Waals surface area contributed by atoms with E-state index in [0.29, 0.717) is 4.91 Å². The van der Waals surface area contributed by atoms with Crippen LogP contribution in [0, 0.1) is 0 Å². The van der Waals surface area contributed by atoms with Gasteiger partial charge in [-0.25, -0.2) is 0 Å². The largest absolute Gasteiger partial charge is 0.480 e. The summed E-state index contributed by atoms with van der Waals surface area (Å²) in [5.41, 5.74) is 21.4. The number of fused-ring (bicyclic) bond motifs is 6. The van der Waals surface area contributed by atoms with Gasteiger partial charge in [0.2, 0.25) is 0 Å². The molecular formula is C69H72N2O3S2. The summed E-state index contributed by atoms with van der Waals surface area (Å²) in [7, 11) is 0. The number of aryl methyl sites for hydroxylation is 3. The fourth-order valence-electron chi connectivity index (χ4n) is 12.0. The topological polar surface area (TPSA) is 62.5 Å². The van der Waals surface area contributed by atoms with Crippen molar-refractivity contribution in [3.05, 3.63) is 178 Å². The van der Waals surface area contributed by atoms with Gasteiger partial charge in [0.25, 0.3) is 5.91 Å². The molecule has 2 heterocycles. The normalized spacial score (nSPS) is 14.4.